The van der Waals surface area contributed by atoms with Crippen LogP contribution in [0.1, 0.15) is 22.8 Å². The van der Waals surface area contributed by atoms with E-state index in [9.17, 15) is 25.0 Å². The number of ether oxygens (including phenoxy) is 4. The van der Waals surface area contributed by atoms with Crippen molar-refractivity contribution in [2.75, 3.05) is 26.1 Å². The van der Waals surface area contributed by atoms with Gasteiger partial charge in [0.2, 0.25) is 0 Å². The Bertz CT molecular complexity index is 1480. The van der Waals surface area contributed by atoms with E-state index in [2.05, 4.69) is 21.2 Å². The largest absolute Gasteiger partial charge is 0.497 e. The highest BCUT2D eigenvalue weighted by Crippen LogP contribution is 2.38. The van der Waals surface area contributed by atoms with Crippen LogP contribution in [0.15, 0.2) is 64.6 Å². The monoisotopic (exact) mass is 595 g/mol. The molecule has 0 atom stereocenters. The van der Waals surface area contributed by atoms with E-state index in [0.717, 1.165) is 6.07 Å². The van der Waals surface area contributed by atoms with Gasteiger partial charge in [0.15, 0.2) is 11.5 Å². The van der Waals surface area contributed by atoms with Crippen LogP contribution in [0.5, 0.6) is 23.0 Å². The molecule has 0 aliphatic carbocycles. The zero-order chi connectivity index (χ0) is 28.5. The minimum absolute atomic E-state index is 0.0549. The second-order valence-corrected chi connectivity index (χ2v) is 8.50. The second-order valence-electron chi connectivity index (χ2n) is 7.65. The summed E-state index contributed by atoms with van der Waals surface area (Å²) in [7, 11) is 2.81. The summed E-state index contributed by atoms with van der Waals surface area (Å²) >= 11 is 3.37. The molecule has 3 aromatic rings. The fourth-order valence-corrected chi connectivity index (χ4v) is 3.85. The van der Waals surface area contributed by atoms with E-state index in [-0.39, 0.29) is 40.8 Å². The summed E-state index contributed by atoms with van der Waals surface area (Å²) in [6.07, 6.45) is 1.32. The Kier molecular flexibility index (Phi) is 9.61. The standard InChI is InChI=1S/C27H22BrN3O8/c1-4-38-24-13-16(12-21(28)25(24)39-27(33)17-5-8-20(36-2)9-6-17)11-18(15-29)26(32)30-22-10-7-19(31(34)35)14-23(22)37-3/h5-14H,4H2,1-3H3,(H,30,32). The first-order chi connectivity index (χ1) is 18.7. The predicted octanol–water partition coefficient (Wildman–Crippen LogP) is 5.54. The van der Waals surface area contributed by atoms with E-state index in [1.54, 1.807) is 37.3 Å². The quantitative estimate of drug-likeness (QED) is 0.0795. The van der Waals surface area contributed by atoms with Crippen LogP contribution in [-0.2, 0) is 4.79 Å². The third-order valence-electron chi connectivity index (χ3n) is 5.17. The van der Waals surface area contributed by atoms with E-state index < -0.39 is 16.8 Å². The van der Waals surface area contributed by atoms with Crippen molar-refractivity contribution in [1.29, 1.82) is 5.26 Å². The van der Waals surface area contributed by atoms with Gasteiger partial charge < -0.3 is 24.3 Å². The fourth-order valence-electron chi connectivity index (χ4n) is 3.31. The van der Waals surface area contributed by atoms with Crippen molar-refractivity contribution in [1.82, 2.24) is 0 Å². The van der Waals surface area contributed by atoms with Crippen LogP contribution in [-0.4, -0.2) is 37.6 Å². The highest BCUT2D eigenvalue weighted by molar-refractivity contribution is 9.10. The van der Waals surface area contributed by atoms with Gasteiger partial charge in [0.25, 0.3) is 11.6 Å². The number of anilines is 1. The zero-order valence-electron chi connectivity index (χ0n) is 21.0. The molecule has 0 spiro atoms. The number of halogens is 1. The summed E-state index contributed by atoms with van der Waals surface area (Å²) < 4.78 is 21.8. The lowest BCUT2D eigenvalue weighted by Crippen LogP contribution is -2.14. The number of non-ortho nitro benzene ring substituents is 1. The van der Waals surface area contributed by atoms with E-state index in [1.165, 1.54) is 38.5 Å². The summed E-state index contributed by atoms with van der Waals surface area (Å²) in [5.74, 6) is -0.434. The van der Waals surface area contributed by atoms with Gasteiger partial charge in [-0.25, -0.2) is 4.79 Å². The summed E-state index contributed by atoms with van der Waals surface area (Å²) in [6, 6.07) is 14.9. The van der Waals surface area contributed by atoms with Gasteiger partial charge in [0, 0.05) is 6.07 Å². The van der Waals surface area contributed by atoms with E-state index in [1.807, 2.05) is 6.07 Å². The average molecular weight is 596 g/mol. The minimum atomic E-state index is -0.770. The topological polar surface area (TPSA) is 150 Å². The first-order valence-electron chi connectivity index (χ1n) is 11.3. The molecule has 0 aromatic heterocycles. The first kappa shape index (κ1) is 28.7. The normalized spacial score (nSPS) is 10.7. The summed E-state index contributed by atoms with van der Waals surface area (Å²) in [5, 5.41) is 23.2. The zero-order valence-corrected chi connectivity index (χ0v) is 22.6. The Labute approximate surface area is 231 Å². The Morgan fingerprint density at radius 2 is 1.79 bits per heavy atom. The van der Waals surface area contributed by atoms with Crippen LogP contribution in [0.2, 0.25) is 0 Å². The molecule has 39 heavy (non-hydrogen) atoms. The van der Waals surface area contributed by atoms with Crippen molar-refractivity contribution in [3.8, 4) is 29.1 Å². The molecule has 0 fully saturated rings. The van der Waals surface area contributed by atoms with Crippen molar-refractivity contribution in [2.24, 2.45) is 0 Å². The Morgan fingerprint density at radius 1 is 1.08 bits per heavy atom. The molecule has 0 radical (unpaired) electrons. The molecule has 3 rings (SSSR count). The maximum atomic E-state index is 12.8. The Hall–Kier alpha value is -4.89. The molecule has 0 aliphatic heterocycles. The number of carbonyl (C=O) groups excluding carboxylic acids is 2. The molecule has 1 N–H and O–H groups in total. The van der Waals surface area contributed by atoms with Gasteiger partial charge in [-0.05, 0) is 77.0 Å². The lowest BCUT2D eigenvalue weighted by Gasteiger charge is -2.14. The van der Waals surface area contributed by atoms with Gasteiger partial charge in [-0.2, -0.15) is 5.26 Å². The van der Waals surface area contributed by atoms with Crippen LogP contribution in [0.4, 0.5) is 11.4 Å². The third kappa shape index (κ3) is 7.12. The van der Waals surface area contributed by atoms with Crippen molar-refractivity contribution in [3.05, 3.63) is 85.9 Å². The molecule has 11 nitrogen and oxygen atoms in total. The van der Waals surface area contributed by atoms with Crippen LogP contribution < -0.4 is 24.3 Å². The van der Waals surface area contributed by atoms with Gasteiger partial charge in [-0.1, -0.05) is 0 Å². The molecular formula is C27H22BrN3O8. The van der Waals surface area contributed by atoms with Gasteiger partial charge >= 0.3 is 5.97 Å². The van der Waals surface area contributed by atoms with Crippen molar-refractivity contribution < 1.29 is 33.5 Å². The minimum Gasteiger partial charge on any atom is -0.497 e. The number of nitro groups is 1. The fraction of sp³-hybridized carbons (Fsp3) is 0.148. The van der Waals surface area contributed by atoms with E-state index in [4.69, 9.17) is 18.9 Å². The van der Waals surface area contributed by atoms with Crippen LogP contribution >= 0.6 is 15.9 Å². The van der Waals surface area contributed by atoms with Crippen LogP contribution in [0.3, 0.4) is 0 Å². The lowest BCUT2D eigenvalue weighted by atomic mass is 10.1. The second kappa shape index (κ2) is 13.1. The number of amides is 1. The maximum Gasteiger partial charge on any atom is 0.343 e. The van der Waals surface area contributed by atoms with Crippen molar-refractivity contribution >= 4 is 45.3 Å². The predicted molar refractivity (Wildman–Crippen MR) is 145 cm³/mol. The number of nitro benzene ring substituents is 1. The van der Waals surface area contributed by atoms with Crippen molar-refractivity contribution in [2.45, 2.75) is 6.92 Å². The number of esters is 1. The molecule has 0 saturated carbocycles. The Balaban J connectivity index is 1.89. The van der Waals surface area contributed by atoms with Gasteiger partial charge in [0.1, 0.15) is 23.1 Å². The highest BCUT2D eigenvalue weighted by Gasteiger charge is 2.19. The lowest BCUT2D eigenvalue weighted by molar-refractivity contribution is -0.384. The summed E-state index contributed by atoms with van der Waals surface area (Å²) in [4.78, 5) is 36.0. The molecule has 200 valence electrons. The van der Waals surface area contributed by atoms with Gasteiger partial charge in [0.05, 0.1) is 47.5 Å². The number of carbonyl (C=O) groups is 2. The molecule has 0 aliphatic rings. The molecule has 0 saturated heterocycles. The summed E-state index contributed by atoms with van der Waals surface area (Å²) in [5.41, 5.74) is 0.345. The molecular weight excluding hydrogens is 574 g/mol. The third-order valence-corrected chi connectivity index (χ3v) is 5.76. The number of hydrogen-bond donors (Lipinski definition) is 1. The number of nitriles is 1. The van der Waals surface area contributed by atoms with E-state index >= 15 is 0 Å². The number of methoxy groups -OCH3 is 2. The highest BCUT2D eigenvalue weighted by atomic mass is 79.9. The molecule has 0 bridgehead atoms. The maximum absolute atomic E-state index is 12.8. The number of benzene rings is 3. The average Bonchev–Trinajstić information content (AvgIpc) is 2.93. The number of nitrogens with zero attached hydrogens (tertiary/aromatic N) is 2. The SMILES string of the molecule is CCOc1cc(C=C(C#N)C(=O)Nc2ccc([N+](=O)[O-])cc2OC)cc(Br)c1OC(=O)c1ccc(OC)cc1. The molecule has 12 heteroatoms. The number of nitrogens with one attached hydrogen (secondary N) is 1. The van der Waals surface area contributed by atoms with Gasteiger partial charge in [-0.3, -0.25) is 14.9 Å². The van der Waals surface area contributed by atoms with E-state index in [0.29, 0.717) is 21.3 Å². The van der Waals surface area contributed by atoms with Crippen LogP contribution in [0.25, 0.3) is 6.08 Å². The Morgan fingerprint density at radius 3 is 2.38 bits per heavy atom. The summed E-state index contributed by atoms with van der Waals surface area (Å²) in [6.45, 7) is 2.00. The molecule has 0 unspecified atom stereocenters. The number of rotatable bonds is 10. The number of hydrogen-bond acceptors (Lipinski definition) is 9. The molecule has 3 aromatic carbocycles. The van der Waals surface area contributed by atoms with Crippen molar-refractivity contribution in [3.63, 3.8) is 0 Å². The molecule has 0 heterocycles. The van der Waals surface area contributed by atoms with Crippen LogP contribution in [0, 0.1) is 21.4 Å². The smallest absolute Gasteiger partial charge is 0.343 e. The molecule has 1 amide bonds. The first-order valence-corrected chi connectivity index (χ1v) is 12.1. The van der Waals surface area contributed by atoms with Gasteiger partial charge in [-0.15, -0.1) is 0 Å².